The first-order valence-electron chi connectivity index (χ1n) is 4.86. The molecule has 1 fully saturated rings. The predicted molar refractivity (Wildman–Crippen MR) is 60.3 cm³/mol. The monoisotopic (exact) mass is 196 g/mol. The molecule has 3 heteroatoms. The Hall–Kier alpha value is -0.900. The van der Waals surface area contributed by atoms with Gasteiger partial charge in [0.05, 0.1) is 0 Å². The zero-order valence-corrected chi connectivity index (χ0v) is 8.74. The Morgan fingerprint density at radius 2 is 0.857 bits per heavy atom. The van der Waals surface area contributed by atoms with Gasteiger partial charge in [-0.05, 0) is 0 Å². The van der Waals surface area contributed by atoms with E-state index in [1.807, 2.05) is 36.4 Å². The van der Waals surface area contributed by atoms with Gasteiger partial charge in [-0.15, -0.1) is 0 Å². The first kappa shape index (κ1) is 13.1. The number of hydrogen-bond donors (Lipinski definition) is 3. The highest BCUT2D eigenvalue weighted by molar-refractivity contribution is 4.99. The van der Waals surface area contributed by atoms with Gasteiger partial charge in [0, 0.05) is 33.3 Å². The van der Waals surface area contributed by atoms with Gasteiger partial charge in [0.25, 0.3) is 0 Å². The smallest absolute Gasteiger partial charge is 0.0319 e. The summed E-state index contributed by atoms with van der Waals surface area (Å²) in [6.45, 7) is 4.56. The Bertz CT molecular complexity index is 138. The van der Waals surface area contributed by atoms with Crippen molar-refractivity contribution >= 4 is 0 Å². The molecule has 1 saturated heterocycles. The molecule has 0 aromatic heterocycles. The Morgan fingerprint density at radius 3 is 1.00 bits per heavy atom. The van der Waals surface area contributed by atoms with Crippen molar-refractivity contribution in [3.8, 4) is 0 Å². The molecule has 2 rings (SSSR count). The second kappa shape index (κ2) is 12.1. The van der Waals surface area contributed by atoms with E-state index in [2.05, 4.69) is 10.6 Å². The van der Waals surface area contributed by atoms with Crippen LogP contribution in [0.5, 0.6) is 0 Å². The zero-order valence-electron chi connectivity index (χ0n) is 8.74. The molecule has 0 radical (unpaired) electrons. The third-order valence-electron chi connectivity index (χ3n) is 1.62. The fraction of sp³-hybridized carbons (Fsp3) is 0.455. The minimum absolute atomic E-state index is 1.00. The van der Waals surface area contributed by atoms with Crippen LogP contribution >= 0.6 is 0 Å². The molecule has 0 unspecified atom stereocenters. The highest BCUT2D eigenvalue weighted by Crippen LogP contribution is 1.79. The summed E-state index contributed by atoms with van der Waals surface area (Å²) in [6.07, 6.45) is 0. The van der Waals surface area contributed by atoms with Crippen molar-refractivity contribution in [1.29, 1.82) is 0 Å². The van der Waals surface area contributed by atoms with E-state index in [0.717, 1.165) is 33.3 Å². The van der Waals surface area contributed by atoms with Crippen LogP contribution in [0.3, 0.4) is 0 Å². The van der Waals surface area contributed by atoms with Crippen molar-refractivity contribution < 1.29 is 5.11 Å². The highest BCUT2D eigenvalue weighted by Gasteiger charge is 1.91. The van der Waals surface area contributed by atoms with Crippen molar-refractivity contribution in [1.82, 2.24) is 10.6 Å². The summed E-state index contributed by atoms with van der Waals surface area (Å²) in [6, 6.07) is 12.0. The third-order valence-corrected chi connectivity index (χ3v) is 1.62. The van der Waals surface area contributed by atoms with E-state index < -0.39 is 0 Å². The van der Waals surface area contributed by atoms with Gasteiger partial charge in [-0.3, -0.25) is 0 Å². The molecule has 0 spiro atoms. The molecule has 1 aromatic rings. The lowest BCUT2D eigenvalue weighted by Gasteiger charge is -2.11. The van der Waals surface area contributed by atoms with Crippen LogP contribution in [0.15, 0.2) is 36.4 Å². The quantitative estimate of drug-likeness (QED) is 0.565. The number of rotatable bonds is 0. The molecule has 0 amide bonds. The maximum absolute atomic E-state index is 7.00. The van der Waals surface area contributed by atoms with Gasteiger partial charge in [-0.1, -0.05) is 36.4 Å². The van der Waals surface area contributed by atoms with Crippen LogP contribution in [0.4, 0.5) is 0 Å². The van der Waals surface area contributed by atoms with Gasteiger partial charge in [0.2, 0.25) is 0 Å². The number of hydrogen-bond acceptors (Lipinski definition) is 3. The number of benzene rings is 1. The number of aliphatic hydroxyl groups is 1. The van der Waals surface area contributed by atoms with Gasteiger partial charge in [-0.25, -0.2) is 0 Å². The molecule has 1 aliphatic heterocycles. The molecule has 3 nitrogen and oxygen atoms in total. The number of aliphatic hydroxyl groups excluding tert-OH is 1. The molecular formula is C11H20N2O. The van der Waals surface area contributed by atoms with Gasteiger partial charge in [0.15, 0.2) is 0 Å². The molecule has 0 bridgehead atoms. The van der Waals surface area contributed by atoms with Gasteiger partial charge in [0.1, 0.15) is 0 Å². The summed E-state index contributed by atoms with van der Waals surface area (Å²) in [5.74, 6) is 0. The van der Waals surface area contributed by atoms with E-state index in [1.165, 1.54) is 0 Å². The molecule has 3 N–H and O–H groups in total. The molecule has 1 aromatic carbocycles. The van der Waals surface area contributed by atoms with Crippen molar-refractivity contribution in [2.24, 2.45) is 0 Å². The Morgan fingerprint density at radius 1 is 0.643 bits per heavy atom. The normalized spacial score (nSPS) is 14.1. The molecule has 1 aliphatic rings. The van der Waals surface area contributed by atoms with Gasteiger partial charge < -0.3 is 15.7 Å². The predicted octanol–water partition coefficient (Wildman–Crippen LogP) is 0.474. The second-order valence-electron chi connectivity index (χ2n) is 2.65. The highest BCUT2D eigenvalue weighted by atomic mass is 16.2. The lowest BCUT2D eigenvalue weighted by molar-refractivity contribution is 0.399. The zero-order chi connectivity index (χ0) is 10.5. The van der Waals surface area contributed by atoms with Crippen LogP contribution in [0.1, 0.15) is 0 Å². The summed E-state index contributed by atoms with van der Waals surface area (Å²) >= 11 is 0. The lowest BCUT2D eigenvalue weighted by atomic mass is 10.4. The van der Waals surface area contributed by atoms with E-state index in [9.17, 15) is 0 Å². The minimum Gasteiger partial charge on any atom is -0.400 e. The lowest BCUT2D eigenvalue weighted by Crippen LogP contribution is -2.39. The Kier molecular flexibility index (Phi) is 11.3. The average Bonchev–Trinajstić information content (AvgIpc) is 2.37. The van der Waals surface area contributed by atoms with Crippen molar-refractivity contribution in [3.05, 3.63) is 36.4 Å². The van der Waals surface area contributed by atoms with Crippen LogP contribution in [0.25, 0.3) is 0 Å². The summed E-state index contributed by atoms with van der Waals surface area (Å²) in [4.78, 5) is 0. The van der Waals surface area contributed by atoms with Crippen LogP contribution in [-0.2, 0) is 0 Å². The van der Waals surface area contributed by atoms with Gasteiger partial charge in [-0.2, -0.15) is 0 Å². The summed E-state index contributed by atoms with van der Waals surface area (Å²) in [7, 11) is 1.00. The molecule has 0 atom stereocenters. The van der Waals surface area contributed by atoms with Crippen LogP contribution in [0.2, 0.25) is 0 Å². The molecular weight excluding hydrogens is 176 g/mol. The first-order valence-corrected chi connectivity index (χ1v) is 4.86. The van der Waals surface area contributed by atoms with E-state index in [-0.39, 0.29) is 0 Å². The second-order valence-corrected chi connectivity index (χ2v) is 2.65. The van der Waals surface area contributed by atoms with Crippen LogP contribution < -0.4 is 10.6 Å². The maximum atomic E-state index is 7.00. The SMILES string of the molecule is C1CNCCN1.CO.c1ccccc1. The van der Waals surface area contributed by atoms with E-state index >= 15 is 0 Å². The fourth-order valence-electron chi connectivity index (χ4n) is 0.988. The van der Waals surface area contributed by atoms with Crippen LogP contribution in [0, 0.1) is 0 Å². The largest absolute Gasteiger partial charge is 0.400 e. The average molecular weight is 196 g/mol. The van der Waals surface area contributed by atoms with Crippen LogP contribution in [-0.4, -0.2) is 38.4 Å². The summed E-state index contributed by atoms with van der Waals surface area (Å²) in [5.41, 5.74) is 0. The van der Waals surface area contributed by atoms with E-state index in [1.54, 1.807) is 0 Å². The third kappa shape index (κ3) is 9.19. The van der Waals surface area contributed by atoms with Gasteiger partial charge >= 0.3 is 0 Å². The molecule has 80 valence electrons. The van der Waals surface area contributed by atoms with Crippen molar-refractivity contribution in [2.75, 3.05) is 33.3 Å². The van der Waals surface area contributed by atoms with Crippen molar-refractivity contribution in [2.45, 2.75) is 0 Å². The number of piperazine rings is 1. The molecule has 0 aliphatic carbocycles. The standard InChI is InChI=1S/C6H6.C4H10N2.CH4O/c1-2-4-6-5-3-1;1-2-6-4-3-5-1;1-2/h1-6H;5-6H,1-4H2;2H,1H3. The number of nitrogens with one attached hydrogen (secondary N) is 2. The van der Waals surface area contributed by atoms with Crippen molar-refractivity contribution in [3.63, 3.8) is 0 Å². The topological polar surface area (TPSA) is 44.3 Å². The molecule has 14 heavy (non-hydrogen) atoms. The van der Waals surface area contributed by atoms with E-state index in [4.69, 9.17) is 5.11 Å². The fourth-order valence-corrected chi connectivity index (χ4v) is 0.988. The van der Waals surface area contributed by atoms with E-state index in [0.29, 0.717) is 0 Å². The summed E-state index contributed by atoms with van der Waals surface area (Å²) in [5, 5.41) is 13.4. The molecule has 0 saturated carbocycles. The first-order chi connectivity index (χ1) is 7.00. The Balaban J connectivity index is 0.000000206. The maximum Gasteiger partial charge on any atom is 0.0319 e. The molecule has 1 heterocycles. The summed E-state index contributed by atoms with van der Waals surface area (Å²) < 4.78 is 0. The Labute approximate surface area is 86.2 Å². The minimum atomic E-state index is 1.00.